The Morgan fingerprint density at radius 1 is 0.867 bits per heavy atom. The van der Waals surface area contributed by atoms with Gasteiger partial charge < -0.3 is 9.84 Å². The van der Waals surface area contributed by atoms with Crippen molar-refractivity contribution < 1.29 is 24.2 Å². The molecule has 30 heavy (non-hydrogen) atoms. The maximum atomic E-state index is 13.5. The van der Waals surface area contributed by atoms with E-state index in [1.54, 1.807) is 36.4 Å². The molecule has 0 atom stereocenters. The van der Waals surface area contributed by atoms with Gasteiger partial charge in [-0.2, -0.15) is 0 Å². The molecule has 1 N–H and O–H groups in total. The molecule has 0 saturated heterocycles. The third-order valence-electron chi connectivity index (χ3n) is 5.38. The van der Waals surface area contributed by atoms with Gasteiger partial charge in [0.2, 0.25) is 11.6 Å². The largest absolute Gasteiger partial charge is 0.507 e. The number of hydrogen-bond acceptors (Lipinski definition) is 5. The topological polar surface area (TPSA) is 80.7 Å². The van der Waals surface area contributed by atoms with E-state index < -0.39 is 23.1 Å². The molecule has 0 saturated carbocycles. The monoisotopic (exact) mass is 400 g/mol. The Kier molecular flexibility index (Phi) is 4.74. The Hall–Kier alpha value is -3.73. The molecule has 5 heteroatoms. The SMILES string of the molecule is CC(C)c1ccc(C2(OC(=O)c3ccccc3)C(=O)c3ccccc3C2=O)c(O)c1. The maximum Gasteiger partial charge on any atom is 0.339 e. The highest BCUT2D eigenvalue weighted by Gasteiger charge is 2.59. The van der Waals surface area contributed by atoms with Gasteiger partial charge >= 0.3 is 5.97 Å². The zero-order valence-electron chi connectivity index (χ0n) is 16.6. The Labute approximate surface area is 173 Å². The van der Waals surface area contributed by atoms with Crippen LogP contribution in [-0.2, 0) is 10.3 Å². The van der Waals surface area contributed by atoms with Gasteiger partial charge in [0.1, 0.15) is 5.75 Å². The minimum absolute atomic E-state index is 0.0395. The lowest BCUT2D eigenvalue weighted by Gasteiger charge is -2.27. The van der Waals surface area contributed by atoms with E-state index in [1.807, 2.05) is 13.8 Å². The van der Waals surface area contributed by atoms with Crippen LogP contribution in [0.1, 0.15) is 62.0 Å². The smallest absolute Gasteiger partial charge is 0.339 e. The van der Waals surface area contributed by atoms with Gasteiger partial charge in [0, 0.05) is 11.1 Å². The summed E-state index contributed by atoms with van der Waals surface area (Å²) in [6, 6.07) is 19.2. The van der Waals surface area contributed by atoms with Crippen LogP contribution in [0.25, 0.3) is 0 Å². The fourth-order valence-electron chi connectivity index (χ4n) is 3.73. The molecule has 0 heterocycles. The van der Waals surface area contributed by atoms with Crippen LogP contribution in [0.5, 0.6) is 5.75 Å². The minimum Gasteiger partial charge on any atom is -0.507 e. The second-order valence-corrected chi connectivity index (χ2v) is 7.57. The van der Waals surface area contributed by atoms with Crippen molar-refractivity contribution in [3.8, 4) is 5.75 Å². The molecule has 3 aromatic carbocycles. The first-order valence-electron chi connectivity index (χ1n) is 9.66. The van der Waals surface area contributed by atoms with Crippen LogP contribution >= 0.6 is 0 Å². The molecule has 4 rings (SSSR count). The highest BCUT2D eigenvalue weighted by Crippen LogP contribution is 2.45. The third-order valence-corrected chi connectivity index (χ3v) is 5.38. The third kappa shape index (κ3) is 2.90. The summed E-state index contributed by atoms with van der Waals surface area (Å²) in [4.78, 5) is 39.8. The number of rotatable bonds is 4. The van der Waals surface area contributed by atoms with E-state index in [4.69, 9.17) is 4.74 Å². The van der Waals surface area contributed by atoms with Crippen LogP contribution in [0.15, 0.2) is 72.8 Å². The van der Waals surface area contributed by atoms with Crippen molar-refractivity contribution in [2.45, 2.75) is 25.4 Å². The van der Waals surface area contributed by atoms with Crippen LogP contribution in [0.4, 0.5) is 0 Å². The molecule has 1 aliphatic carbocycles. The zero-order valence-corrected chi connectivity index (χ0v) is 16.6. The molecule has 0 amide bonds. The van der Waals surface area contributed by atoms with Gasteiger partial charge in [-0.1, -0.05) is 68.4 Å². The second-order valence-electron chi connectivity index (χ2n) is 7.57. The number of phenolic OH excluding ortho intramolecular Hbond substituents is 1. The molecule has 0 spiro atoms. The van der Waals surface area contributed by atoms with E-state index in [0.717, 1.165) is 5.56 Å². The van der Waals surface area contributed by atoms with Crippen molar-refractivity contribution in [3.63, 3.8) is 0 Å². The van der Waals surface area contributed by atoms with Crippen LogP contribution in [-0.4, -0.2) is 22.6 Å². The van der Waals surface area contributed by atoms with Crippen molar-refractivity contribution in [2.75, 3.05) is 0 Å². The van der Waals surface area contributed by atoms with Crippen molar-refractivity contribution in [1.29, 1.82) is 0 Å². The summed E-state index contributed by atoms with van der Waals surface area (Å²) in [5.41, 5.74) is -0.951. The maximum absolute atomic E-state index is 13.5. The first-order chi connectivity index (χ1) is 14.4. The number of esters is 1. The molecule has 0 radical (unpaired) electrons. The van der Waals surface area contributed by atoms with E-state index in [9.17, 15) is 19.5 Å². The standard InChI is InChI=1S/C25H20O5/c1-15(2)17-12-13-20(21(26)14-17)25(30-24(29)16-8-4-3-5-9-16)22(27)18-10-6-7-11-19(18)23(25)28/h3-15,26H,1-2H3. The molecule has 1 aliphatic rings. The summed E-state index contributed by atoms with van der Waals surface area (Å²) in [5, 5.41) is 10.8. The fraction of sp³-hybridized carbons (Fsp3) is 0.160. The number of carbonyl (C=O) groups is 3. The number of ketones is 2. The number of phenols is 1. The Balaban J connectivity index is 1.90. The normalized spacial score (nSPS) is 14.6. The average Bonchev–Trinajstić information content (AvgIpc) is 2.97. The number of hydrogen-bond donors (Lipinski definition) is 1. The Morgan fingerprint density at radius 2 is 1.43 bits per heavy atom. The van der Waals surface area contributed by atoms with Gasteiger partial charge in [-0.05, 0) is 29.7 Å². The average molecular weight is 400 g/mol. The van der Waals surface area contributed by atoms with Gasteiger partial charge in [0.25, 0.3) is 5.60 Å². The Bertz CT molecular complexity index is 1130. The first kappa shape index (κ1) is 19.6. The lowest BCUT2D eigenvalue weighted by Crippen LogP contribution is -2.43. The van der Waals surface area contributed by atoms with Gasteiger partial charge in [0.15, 0.2) is 0 Å². The first-order valence-corrected chi connectivity index (χ1v) is 9.66. The summed E-state index contributed by atoms with van der Waals surface area (Å²) in [6.45, 7) is 3.92. The van der Waals surface area contributed by atoms with Crippen LogP contribution in [0.3, 0.4) is 0 Å². The predicted octanol–water partition coefficient (Wildman–Crippen LogP) is 4.65. The minimum atomic E-state index is -2.27. The Morgan fingerprint density at radius 3 is 1.97 bits per heavy atom. The summed E-state index contributed by atoms with van der Waals surface area (Å²) in [6.07, 6.45) is 0. The van der Waals surface area contributed by atoms with E-state index in [1.165, 1.54) is 36.4 Å². The summed E-state index contributed by atoms with van der Waals surface area (Å²) in [5.74, 6) is -2.30. The summed E-state index contributed by atoms with van der Waals surface area (Å²) < 4.78 is 5.66. The highest BCUT2D eigenvalue weighted by atomic mass is 16.6. The number of Topliss-reactive ketones (excluding diaryl/α,β-unsaturated/α-hetero) is 2. The molecule has 0 bridgehead atoms. The van der Waals surface area contributed by atoms with E-state index in [-0.39, 0.29) is 33.9 Å². The number of ether oxygens (including phenoxy) is 1. The molecule has 0 aliphatic heterocycles. The number of benzene rings is 3. The van der Waals surface area contributed by atoms with Gasteiger partial charge in [-0.3, -0.25) is 9.59 Å². The molecular weight excluding hydrogens is 380 g/mol. The van der Waals surface area contributed by atoms with Gasteiger partial charge in [0.05, 0.1) is 11.1 Å². The molecule has 3 aromatic rings. The lowest BCUT2D eigenvalue weighted by atomic mass is 9.86. The van der Waals surface area contributed by atoms with Crippen molar-refractivity contribution in [1.82, 2.24) is 0 Å². The van der Waals surface area contributed by atoms with Crippen molar-refractivity contribution >= 4 is 17.5 Å². The number of aromatic hydroxyl groups is 1. The summed E-state index contributed by atoms with van der Waals surface area (Å²) in [7, 11) is 0. The predicted molar refractivity (Wildman–Crippen MR) is 111 cm³/mol. The lowest BCUT2D eigenvalue weighted by molar-refractivity contribution is -0.00355. The van der Waals surface area contributed by atoms with Crippen LogP contribution in [0.2, 0.25) is 0 Å². The van der Waals surface area contributed by atoms with E-state index in [0.29, 0.717) is 0 Å². The highest BCUT2D eigenvalue weighted by molar-refractivity contribution is 6.33. The molecule has 0 unspecified atom stereocenters. The van der Waals surface area contributed by atoms with Crippen LogP contribution in [0, 0.1) is 0 Å². The van der Waals surface area contributed by atoms with Crippen molar-refractivity contribution in [2.24, 2.45) is 0 Å². The van der Waals surface area contributed by atoms with Crippen molar-refractivity contribution in [3.05, 3.63) is 101 Å². The van der Waals surface area contributed by atoms with E-state index in [2.05, 4.69) is 0 Å². The number of fused-ring (bicyclic) bond motifs is 1. The zero-order chi connectivity index (χ0) is 21.5. The molecular formula is C25H20O5. The van der Waals surface area contributed by atoms with Gasteiger partial charge in [-0.15, -0.1) is 0 Å². The second kappa shape index (κ2) is 7.26. The molecule has 0 fully saturated rings. The molecule has 150 valence electrons. The quantitative estimate of drug-likeness (QED) is 0.509. The summed E-state index contributed by atoms with van der Waals surface area (Å²) >= 11 is 0. The molecule has 0 aromatic heterocycles. The molecule has 5 nitrogen and oxygen atoms in total. The van der Waals surface area contributed by atoms with Crippen LogP contribution < -0.4 is 0 Å². The number of carbonyl (C=O) groups excluding carboxylic acids is 3. The van der Waals surface area contributed by atoms with E-state index >= 15 is 0 Å². The fourth-order valence-corrected chi connectivity index (χ4v) is 3.73. The van der Waals surface area contributed by atoms with Gasteiger partial charge in [-0.25, -0.2) is 4.79 Å².